The van der Waals surface area contributed by atoms with Gasteiger partial charge in [-0.05, 0) is 0 Å². The number of nitrogens with zero attached hydrogens (tertiary/aromatic N) is 1. The maximum absolute atomic E-state index is 12.1. The second-order valence-electron chi connectivity index (χ2n) is 4.47. The van der Waals surface area contributed by atoms with Crippen LogP contribution in [0.1, 0.15) is 6.42 Å². The molecule has 0 bridgehead atoms. The van der Waals surface area contributed by atoms with Crippen molar-refractivity contribution in [3.63, 3.8) is 0 Å². The van der Waals surface area contributed by atoms with Crippen molar-refractivity contribution in [2.45, 2.75) is 24.6 Å². The number of β-amino-alcohol motifs (C(OH)–C–C–N with tert-alkyl or cyclic N) is 1. The molecule has 0 spiro atoms. The topological polar surface area (TPSA) is 119 Å². The lowest BCUT2D eigenvalue weighted by Crippen LogP contribution is -2.59. The molecule has 2 aliphatic heterocycles. The van der Waals surface area contributed by atoms with Crippen molar-refractivity contribution < 1.29 is 24.6 Å². The summed E-state index contributed by atoms with van der Waals surface area (Å²) in [6.45, 7) is 0.184. The summed E-state index contributed by atoms with van der Waals surface area (Å²) >= 11 is 0. The molecule has 2 saturated heterocycles. The number of carboxylic acid groups (broad SMARTS) is 1. The summed E-state index contributed by atoms with van der Waals surface area (Å²) in [6.07, 6.45) is -0.770. The molecule has 8 nitrogen and oxygen atoms in total. The monoisotopic (exact) mass is 257 g/mol. The van der Waals surface area contributed by atoms with Crippen molar-refractivity contribution in [2.75, 3.05) is 19.6 Å². The Morgan fingerprint density at radius 2 is 2.11 bits per heavy atom. The molecule has 1 unspecified atom stereocenters. The van der Waals surface area contributed by atoms with Gasteiger partial charge in [-0.2, -0.15) is 0 Å². The Morgan fingerprint density at radius 3 is 2.67 bits per heavy atom. The van der Waals surface area contributed by atoms with E-state index in [9.17, 15) is 19.5 Å². The number of carbonyl (C=O) groups is 3. The van der Waals surface area contributed by atoms with Crippen LogP contribution >= 0.6 is 0 Å². The highest BCUT2D eigenvalue weighted by Crippen LogP contribution is 2.19. The number of aliphatic carboxylic acids is 1. The minimum Gasteiger partial charge on any atom is -0.480 e. The van der Waals surface area contributed by atoms with E-state index < -0.39 is 30.1 Å². The van der Waals surface area contributed by atoms with Crippen molar-refractivity contribution in [3.8, 4) is 0 Å². The summed E-state index contributed by atoms with van der Waals surface area (Å²) in [4.78, 5) is 35.2. The van der Waals surface area contributed by atoms with Crippen LogP contribution in [0.4, 0.5) is 0 Å². The summed E-state index contributed by atoms with van der Waals surface area (Å²) in [5, 5.41) is 23.7. The number of hydrogen-bond donors (Lipinski definition) is 4. The molecule has 18 heavy (non-hydrogen) atoms. The second kappa shape index (κ2) is 4.91. The molecule has 3 atom stereocenters. The Labute approximate surface area is 103 Å². The van der Waals surface area contributed by atoms with Gasteiger partial charge in [0.1, 0.15) is 12.1 Å². The predicted octanol–water partition coefficient (Wildman–Crippen LogP) is -2.88. The fourth-order valence-electron chi connectivity index (χ4n) is 2.23. The predicted molar refractivity (Wildman–Crippen MR) is 58.6 cm³/mol. The van der Waals surface area contributed by atoms with Crippen LogP contribution in [0.3, 0.4) is 0 Å². The van der Waals surface area contributed by atoms with Crippen LogP contribution in [0.2, 0.25) is 0 Å². The number of piperazine rings is 1. The van der Waals surface area contributed by atoms with Gasteiger partial charge in [0.25, 0.3) is 0 Å². The normalized spacial score (nSPS) is 32.2. The molecule has 4 N–H and O–H groups in total. The van der Waals surface area contributed by atoms with E-state index in [0.717, 1.165) is 4.90 Å². The summed E-state index contributed by atoms with van der Waals surface area (Å²) in [5.74, 6) is -1.73. The van der Waals surface area contributed by atoms with E-state index >= 15 is 0 Å². The van der Waals surface area contributed by atoms with E-state index in [1.165, 1.54) is 0 Å². The van der Waals surface area contributed by atoms with Crippen LogP contribution in [0.25, 0.3) is 0 Å². The smallest absolute Gasteiger partial charge is 0.326 e. The van der Waals surface area contributed by atoms with Crippen molar-refractivity contribution in [3.05, 3.63) is 0 Å². The SMILES string of the molecule is O=C1CNC(C(=O)N2C[C@@H](O)C[C@H]2C(=O)O)CN1. The minimum absolute atomic E-state index is 0.0158. The van der Waals surface area contributed by atoms with E-state index in [1.54, 1.807) is 0 Å². The molecule has 0 radical (unpaired) electrons. The minimum atomic E-state index is -1.13. The first-order valence-electron chi connectivity index (χ1n) is 5.70. The van der Waals surface area contributed by atoms with E-state index in [-0.39, 0.29) is 32.0 Å². The summed E-state index contributed by atoms with van der Waals surface area (Å²) < 4.78 is 0. The van der Waals surface area contributed by atoms with E-state index in [2.05, 4.69) is 10.6 Å². The molecule has 0 aromatic heterocycles. The standard InChI is InChI=1S/C10H15N3O5/c14-5-1-7(10(17)18)13(4-5)9(16)6-2-12-8(15)3-11-6/h5-7,11,14H,1-4H2,(H,12,15)(H,17,18)/t5-,6?,7-/m0/s1. The molecule has 2 rings (SSSR count). The highest BCUT2D eigenvalue weighted by molar-refractivity contribution is 5.90. The maximum Gasteiger partial charge on any atom is 0.326 e. The molecule has 0 aromatic rings. The Bertz CT molecular complexity index is 376. The molecule has 100 valence electrons. The van der Waals surface area contributed by atoms with Gasteiger partial charge in [0.15, 0.2) is 0 Å². The second-order valence-corrected chi connectivity index (χ2v) is 4.47. The average Bonchev–Trinajstić information content (AvgIpc) is 2.71. The number of carbonyl (C=O) groups excluding carboxylic acids is 2. The molecule has 0 saturated carbocycles. The van der Waals surface area contributed by atoms with Gasteiger partial charge in [0, 0.05) is 19.5 Å². The molecule has 2 fully saturated rings. The summed E-state index contributed by atoms with van der Waals surface area (Å²) in [6, 6.07) is -1.62. The third-order valence-corrected chi connectivity index (χ3v) is 3.16. The van der Waals surface area contributed by atoms with Crippen LogP contribution in [0.15, 0.2) is 0 Å². The fraction of sp³-hybridized carbons (Fsp3) is 0.700. The molecular weight excluding hydrogens is 242 g/mol. The first kappa shape index (κ1) is 12.8. The van der Waals surface area contributed by atoms with Crippen LogP contribution in [-0.4, -0.2) is 70.7 Å². The number of aliphatic hydroxyl groups is 1. The van der Waals surface area contributed by atoms with Gasteiger partial charge in [-0.15, -0.1) is 0 Å². The third kappa shape index (κ3) is 2.44. The Hall–Kier alpha value is -1.67. The zero-order valence-corrected chi connectivity index (χ0v) is 9.63. The zero-order chi connectivity index (χ0) is 13.3. The maximum atomic E-state index is 12.1. The molecule has 8 heteroatoms. The van der Waals surface area contributed by atoms with Crippen LogP contribution in [-0.2, 0) is 14.4 Å². The number of aliphatic hydroxyl groups excluding tert-OH is 1. The van der Waals surface area contributed by atoms with Gasteiger partial charge < -0.3 is 20.4 Å². The van der Waals surface area contributed by atoms with Crippen molar-refractivity contribution >= 4 is 17.8 Å². The van der Waals surface area contributed by atoms with Crippen LogP contribution in [0, 0.1) is 0 Å². The first-order chi connectivity index (χ1) is 8.49. The molecule has 2 amide bonds. The number of hydrogen-bond acceptors (Lipinski definition) is 5. The molecule has 0 aromatic carbocycles. The summed E-state index contributed by atoms with van der Waals surface area (Å²) in [7, 11) is 0. The third-order valence-electron chi connectivity index (χ3n) is 3.16. The first-order valence-corrected chi connectivity index (χ1v) is 5.70. The van der Waals surface area contributed by atoms with Crippen LogP contribution in [0.5, 0.6) is 0 Å². The van der Waals surface area contributed by atoms with E-state index in [4.69, 9.17) is 5.11 Å². The van der Waals surface area contributed by atoms with E-state index in [0.29, 0.717) is 0 Å². The average molecular weight is 257 g/mol. The van der Waals surface area contributed by atoms with Gasteiger partial charge in [-0.3, -0.25) is 14.9 Å². The van der Waals surface area contributed by atoms with Gasteiger partial charge in [-0.25, -0.2) is 4.79 Å². The Kier molecular flexibility index (Phi) is 3.48. The van der Waals surface area contributed by atoms with Gasteiger partial charge in [0.2, 0.25) is 11.8 Å². The van der Waals surface area contributed by atoms with Gasteiger partial charge >= 0.3 is 5.97 Å². The van der Waals surface area contributed by atoms with Crippen LogP contribution < -0.4 is 10.6 Å². The largest absolute Gasteiger partial charge is 0.480 e. The molecule has 2 heterocycles. The molecule has 0 aliphatic carbocycles. The van der Waals surface area contributed by atoms with Gasteiger partial charge in [-0.1, -0.05) is 0 Å². The van der Waals surface area contributed by atoms with E-state index in [1.807, 2.05) is 0 Å². The quantitative estimate of drug-likeness (QED) is 0.422. The molecular formula is C10H15N3O5. The lowest BCUT2D eigenvalue weighted by molar-refractivity contribution is -0.149. The lowest BCUT2D eigenvalue weighted by atomic mass is 10.1. The lowest BCUT2D eigenvalue weighted by Gasteiger charge is -2.29. The number of nitrogens with one attached hydrogen (secondary N) is 2. The van der Waals surface area contributed by atoms with Crippen molar-refractivity contribution in [1.82, 2.24) is 15.5 Å². The molecule has 2 aliphatic rings. The number of amides is 2. The number of likely N-dealkylation sites (tertiary alicyclic amines) is 1. The van der Waals surface area contributed by atoms with Gasteiger partial charge in [0.05, 0.1) is 12.6 Å². The number of carboxylic acids is 1. The zero-order valence-electron chi connectivity index (χ0n) is 9.63. The Balaban J connectivity index is 2.03. The highest BCUT2D eigenvalue weighted by Gasteiger charge is 2.41. The Morgan fingerprint density at radius 1 is 1.39 bits per heavy atom. The van der Waals surface area contributed by atoms with Crippen molar-refractivity contribution in [2.24, 2.45) is 0 Å². The number of rotatable bonds is 2. The summed E-state index contributed by atoms with van der Waals surface area (Å²) in [5.41, 5.74) is 0. The fourth-order valence-corrected chi connectivity index (χ4v) is 2.23. The van der Waals surface area contributed by atoms with Crippen molar-refractivity contribution in [1.29, 1.82) is 0 Å². The highest BCUT2D eigenvalue weighted by atomic mass is 16.4.